The zero-order chi connectivity index (χ0) is 17.9. The lowest BCUT2D eigenvalue weighted by molar-refractivity contribution is -0.00473. The Morgan fingerprint density at radius 1 is 1.26 bits per heavy atom. The SMILES string of the molecule is COC(=O)NCC1(O[Si](C)(C)C(C)(C)C)CCN(C(=O)O)CC1. The van der Waals surface area contributed by atoms with E-state index in [9.17, 15) is 9.59 Å². The van der Waals surface area contributed by atoms with Crippen molar-refractivity contribution in [2.24, 2.45) is 0 Å². The van der Waals surface area contributed by atoms with Crippen molar-refractivity contribution in [3.05, 3.63) is 0 Å². The molecule has 0 saturated carbocycles. The summed E-state index contributed by atoms with van der Waals surface area (Å²) in [7, 11) is -0.731. The summed E-state index contributed by atoms with van der Waals surface area (Å²) in [6, 6.07) is 0. The quantitative estimate of drug-likeness (QED) is 0.764. The van der Waals surface area contributed by atoms with Crippen LogP contribution >= 0.6 is 0 Å². The number of nitrogens with one attached hydrogen (secondary N) is 1. The van der Waals surface area contributed by atoms with Crippen molar-refractivity contribution < 1.29 is 23.9 Å². The van der Waals surface area contributed by atoms with Crippen LogP contribution in [0.4, 0.5) is 9.59 Å². The fraction of sp³-hybridized carbons (Fsp3) is 0.867. The molecule has 1 aliphatic rings. The van der Waals surface area contributed by atoms with E-state index in [2.05, 4.69) is 43.9 Å². The fourth-order valence-corrected chi connectivity index (χ4v) is 4.09. The average molecular weight is 347 g/mol. The molecular formula is C15H30N2O5Si. The van der Waals surface area contributed by atoms with Crippen molar-refractivity contribution >= 4 is 20.5 Å². The Morgan fingerprint density at radius 2 is 1.78 bits per heavy atom. The second-order valence-electron chi connectivity index (χ2n) is 7.66. The topological polar surface area (TPSA) is 88.1 Å². The van der Waals surface area contributed by atoms with Gasteiger partial charge in [-0.1, -0.05) is 20.8 Å². The van der Waals surface area contributed by atoms with Crippen molar-refractivity contribution in [3.63, 3.8) is 0 Å². The minimum absolute atomic E-state index is 0.0369. The molecule has 1 rings (SSSR count). The summed E-state index contributed by atoms with van der Waals surface area (Å²) in [5.74, 6) is 0. The summed E-state index contributed by atoms with van der Waals surface area (Å²) in [4.78, 5) is 24.0. The molecule has 0 unspecified atom stereocenters. The number of alkyl carbamates (subject to hydrolysis) is 1. The predicted molar refractivity (Wildman–Crippen MR) is 90.3 cm³/mol. The number of hydrogen-bond donors (Lipinski definition) is 2. The molecule has 2 amide bonds. The molecule has 0 spiro atoms. The number of nitrogens with zero attached hydrogens (tertiary/aromatic N) is 1. The maximum Gasteiger partial charge on any atom is 0.407 e. The van der Waals surface area contributed by atoms with Gasteiger partial charge in [0.15, 0.2) is 8.32 Å². The lowest BCUT2D eigenvalue weighted by Crippen LogP contribution is -2.59. The first-order valence-electron chi connectivity index (χ1n) is 7.92. The second-order valence-corrected chi connectivity index (χ2v) is 12.4. The highest BCUT2D eigenvalue weighted by Crippen LogP contribution is 2.41. The Bertz CT molecular complexity index is 440. The van der Waals surface area contributed by atoms with E-state index in [1.807, 2.05) is 0 Å². The van der Waals surface area contributed by atoms with Gasteiger partial charge < -0.3 is 24.5 Å². The number of carbonyl (C=O) groups excluding carboxylic acids is 1. The standard InChI is InChI=1S/C15H30N2O5Si/c1-14(2,3)23(5,6)22-15(11-16-12(18)21-4)7-9-17(10-8-15)13(19)20/h7-11H2,1-6H3,(H,16,18)(H,19,20). The van der Waals surface area contributed by atoms with Crippen LogP contribution in [0.1, 0.15) is 33.6 Å². The van der Waals surface area contributed by atoms with Crippen LogP contribution in [-0.4, -0.2) is 62.9 Å². The molecule has 1 aliphatic heterocycles. The normalized spacial score (nSPS) is 18.4. The van der Waals surface area contributed by atoms with E-state index in [4.69, 9.17) is 9.53 Å². The van der Waals surface area contributed by atoms with E-state index in [0.29, 0.717) is 32.5 Å². The van der Waals surface area contributed by atoms with Gasteiger partial charge in [-0.05, 0) is 31.0 Å². The third-order valence-electron chi connectivity index (χ3n) is 4.96. The number of ether oxygens (including phenoxy) is 1. The van der Waals surface area contributed by atoms with Gasteiger partial charge in [-0.25, -0.2) is 9.59 Å². The summed E-state index contributed by atoms with van der Waals surface area (Å²) in [6.07, 6.45) is -0.276. The van der Waals surface area contributed by atoms with Gasteiger partial charge in [0, 0.05) is 19.6 Å². The molecule has 0 aromatic heterocycles. The first-order chi connectivity index (χ1) is 10.4. The lowest BCUT2D eigenvalue weighted by atomic mass is 9.91. The van der Waals surface area contributed by atoms with E-state index in [-0.39, 0.29) is 5.04 Å². The number of likely N-dealkylation sites (tertiary alicyclic amines) is 1. The zero-order valence-electron chi connectivity index (χ0n) is 15.1. The molecule has 0 aromatic carbocycles. The van der Waals surface area contributed by atoms with Crippen molar-refractivity contribution in [3.8, 4) is 0 Å². The van der Waals surface area contributed by atoms with Gasteiger partial charge in [0.25, 0.3) is 0 Å². The van der Waals surface area contributed by atoms with Crippen LogP contribution in [-0.2, 0) is 9.16 Å². The highest BCUT2D eigenvalue weighted by atomic mass is 28.4. The molecule has 0 radical (unpaired) electrons. The second kappa shape index (κ2) is 7.08. The number of methoxy groups -OCH3 is 1. The predicted octanol–water partition coefficient (Wildman–Crippen LogP) is 2.88. The van der Waals surface area contributed by atoms with Crippen LogP contribution < -0.4 is 5.32 Å². The van der Waals surface area contributed by atoms with E-state index in [1.165, 1.54) is 12.0 Å². The number of hydrogen-bond acceptors (Lipinski definition) is 4. The van der Waals surface area contributed by atoms with Crippen molar-refractivity contribution in [2.75, 3.05) is 26.7 Å². The van der Waals surface area contributed by atoms with Crippen molar-refractivity contribution in [1.82, 2.24) is 10.2 Å². The first kappa shape index (κ1) is 19.8. The van der Waals surface area contributed by atoms with Crippen molar-refractivity contribution in [1.29, 1.82) is 0 Å². The van der Waals surface area contributed by atoms with Gasteiger partial charge in [0.1, 0.15) is 0 Å². The number of piperidine rings is 1. The minimum Gasteiger partial charge on any atom is -0.465 e. The van der Waals surface area contributed by atoms with Gasteiger partial charge in [-0.2, -0.15) is 0 Å². The molecule has 0 aliphatic carbocycles. The molecular weight excluding hydrogens is 316 g/mol. The first-order valence-corrected chi connectivity index (χ1v) is 10.8. The van der Waals surface area contributed by atoms with Crippen LogP contribution in [0.15, 0.2) is 0 Å². The Balaban J connectivity index is 2.90. The summed E-state index contributed by atoms with van der Waals surface area (Å²) in [5.41, 5.74) is -0.539. The number of amides is 2. The summed E-state index contributed by atoms with van der Waals surface area (Å²) in [6.45, 7) is 12.0. The average Bonchev–Trinajstić information content (AvgIpc) is 2.43. The smallest absolute Gasteiger partial charge is 0.407 e. The fourth-order valence-electron chi connectivity index (χ4n) is 2.42. The maximum absolute atomic E-state index is 11.4. The summed E-state index contributed by atoms with van der Waals surface area (Å²) in [5, 5.41) is 11.9. The largest absolute Gasteiger partial charge is 0.465 e. The van der Waals surface area contributed by atoms with Gasteiger partial charge >= 0.3 is 12.2 Å². The number of carbonyl (C=O) groups is 2. The lowest BCUT2D eigenvalue weighted by Gasteiger charge is -2.48. The minimum atomic E-state index is -2.05. The molecule has 1 fully saturated rings. The summed E-state index contributed by atoms with van der Waals surface area (Å²) >= 11 is 0. The third kappa shape index (κ3) is 5.10. The molecule has 0 bridgehead atoms. The molecule has 7 nitrogen and oxygen atoms in total. The summed E-state index contributed by atoms with van der Waals surface area (Å²) < 4.78 is 11.2. The molecule has 23 heavy (non-hydrogen) atoms. The Morgan fingerprint density at radius 3 is 2.17 bits per heavy atom. The van der Waals surface area contributed by atoms with Crippen LogP contribution in [0.25, 0.3) is 0 Å². The molecule has 1 saturated heterocycles. The molecule has 2 N–H and O–H groups in total. The van der Waals surface area contributed by atoms with Crippen LogP contribution in [0.2, 0.25) is 18.1 Å². The van der Waals surface area contributed by atoms with Crippen molar-refractivity contribution in [2.45, 2.75) is 57.3 Å². The maximum atomic E-state index is 11.4. The molecule has 8 heteroatoms. The van der Waals surface area contributed by atoms with E-state index in [1.54, 1.807) is 0 Å². The van der Waals surface area contributed by atoms with E-state index >= 15 is 0 Å². The highest BCUT2D eigenvalue weighted by Gasteiger charge is 2.46. The van der Waals surface area contributed by atoms with E-state index in [0.717, 1.165) is 0 Å². The van der Waals surface area contributed by atoms with Crippen LogP contribution in [0.3, 0.4) is 0 Å². The van der Waals surface area contributed by atoms with Crippen LogP contribution in [0.5, 0.6) is 0 Å². The highest BCUT2D eigenvalue weighted by molar-refractivity contribution is 6.74. The van der Waals surface area contributed by atoms with Gasteiger partial charge in [0.2, 0.25) is 0 Å². The van der Waals surface area contributed by atoms with Gasteiger partial charge in [-0.15, -0.1) is 0 Å². The third-order valence-corrected chi connectivity index (χ3v) is 9.52. The van der Waals surface area contributed by atoms with E-state index < -0.39 is 26.1 Å². The molecule has 1 heterocycles. The monoisotopic (exact) mass is 346 g/mol. The molecule has 134 valence electrons. The van der Waals surface area contributed by atoms with Gasteiger partial charge in [0.05, 0.1) is 12.7 Å². The molecule has 0 atom stereocenters. The van der Waals surface area contributed by atoms with Gasteiger partial charge in [-0.3, -0.25) is 0 Å². The van der Waals surface area contributed by atoms with Crippen LogP contribution in [0, 0.1) is 0 Å². The zero-order valence-corrected chi connectivity index (χ0v) is 16.1. The molecule has 0 aromatic rings. The Kier molecular flexibility index (Phi) is 6.09. The Hall–Kier alpha value is -1.28. The number of rotatable bonds is 4. The Labute approximate surface area is 139 Å². The number of carboxylic acid groups (broad SMARTS) is 1.